The van der Waals surface area contributed by atoms with E-state index in [2.05, 4.69) is 80.5 Å². The van der Waals surface area contributed by atoms with Crippen molar-refractivity contribution in [2.45, 2.75) is 33.2 Å². The van der Waals surface area contributed by atoms with E-state index >= 15 is 0 Å². The van der Waals surface area contributed by atoms with Crippen LogP contribution in [0.3, 0.4) is 0 Å². The number of nitrogens with zero attached hydrogens (tertiary/aromatic N) is 3. The summed E-state index contributed by atoms with van der Waals surface area (Å²) in [6.07, 6.45) is 6.17. The summed E-state index contributed by atoms with van der Waals surface area (Å²) >= 11 is 0. The van der Waals surface area contributed by atoms with Gasteiger partial charge in [0.1, 0.15) is 5.65 Å². The number of rotatable bonds is 6. The molecule has 0 radical (unpaired) electrons. The number of aromatic amines is 1. The zero-order valence-electron chi connectivity index (χ0n) is 17.3. The SMILES string of the molecule is CCc1cccc2c(CCNC(=NC)NCc3cn4c(C)cccc4n3)c[nH]c12. The van der Waals surface area contributed by atoms with Crippen LogP contribution in [0.25, 0.3) is 16.6 Å². The second-order valence-electron chi connectivity index (χ2n) is 7.24. The summed E-state index contributed by atoms with van der Waals surface area (Å²) in [5, 5.41) is 8.08. The van der Waals surface area contributed by atoms with Crippen molar-refractivity contribution in [2.75, 3.05) is 13.6 Å². The van der Waals surface area contributed by atoms with Crippen LogP contribution in [0.15, 0.2) is 53.8 Å². The van der Waals surface area contributed by atoms with Crippen LogP contribution in [-0.4, -0.2) is 33.9 Å². The van der Waals surface area contributed by atoms with Crippen molar-refractivity contribution in [3.63, 3.8) is 0 Å². The molecular formula is C23H28N6. The number of guanidine groups is 1. The number of aliphatic imine (C=N–C) groups is 1. The number of hydrogen-bond donors (Lipinski definition) is 3. The summed E-state index contributed by atoms with van der Waals surface area (Å²) in [4.78, 5) is 12.4. The minimum atomic E-state index is 0.633. The van der Waals surface area contributed by atoms with Crippen LogP contribution in [0.1, 0.15) is 29.4 Å². The smallest absolute Gasteiger partial charge is 0.191 e. The number of pyridine rings is 1. The van der Waals surface area contributed by atoms with Crippen molar-refractivity contribution in [3.05, 3.63) is 71.3 Å². The van der Waals surface area contributed by atoms with Crippen LogP contribution in [0.2, 0.25) is 0 Å². The van der Waals surface area contributed by atoms with E-state index in [-0.39, 0.29) is 0 Å². The molecule has 0 unspecified atom stereocenters. The van der Waals surface area contributed by atoms with Gasteiger partial charge < -0.3 is 20.0 Å². The highest BCUT2D eigenvalue weighted by atomic mass is 15.2. The molecule has 1 aromatic carbocycles. The van der Waals surface area contributed by atoms with E-state index in [0.717, 1.165) is 36.7 Å². The van der Waals surface area contributed by atoms with Gasteiger partial charge in [0.15, 0.2) is 5.96 Å². The molecule has 0 atom stereocenters. The Morgan fingerprint density at radius 3 is 2.79 bits per heavy atom. The molecule has 6 heteroatoms. The van der Waals surface area contributed by atoms with Gasteiger partial charge in [-0.25, -0.2) is 4.98 Å². The highest BCUT2D eigenvalue weighted by Crippen LogP contribution is 2.22. The lowest BCUT2D eigenvalue weighted by atomic mass is 10.1. The highest BCUT2D eigenvalue weighted by molar-refractivity contribution is 5.86. The first-order valence-electron chi connectivity index (χ1n) is 10.2. The van der Waals surface area contributed by atoms with Crippen molar-refractivity contribution < 1.29 is 0 Å². The van der Waals surface area contributed by atoms with Gasteiger partial charge in [0, 0.05) is 42.6 Å². The van der Waals surface area contributed by atoms with Gasteiger partial charge >= 0.3 is 0 Å². The number of nitrogens with one attached hydrogen (secondary N) is 3. The van der Waals surface area contributed by atoms with E-state index in [1.165, 1.54) is 27.7 Å². The van der Waals surface area contributed by atoms with Gasteiger partial charge in [0.25, 0.3) is 0 Å². The molecule has 0 fully saturated rings. The van der Waals surface area contributed by atoms with Crippen molar-refractivity contribution >= 4 is 22.5 Å². The predicted molar refractivity (Wildman–Crippen MR) is 120 cm³/mol. The van der Waals surface area contributed by atoms with E-state index in [0.29, 0.717) is 6.54 Å². The number of imidazole rings is 1. The van der Waals surface area contributed by atoms with E-state index in [1.807, 2.05) is 12.1 Å². The molecule has 0 spiro atoms. The molecule has 29 heavy (non-hydrogen) atoms. The topological polar surface area (TPSA) is 69.5 Å². The third kappa shape index (κ3) is 3.97. The second-order valence-corrected chi connectivity index (χ2v) is 7.24. The maximum atomic E-state index is 4.66. The van der Waals surface area contributed by atoms with Crippen molar-refractivity contribution in [1.82, 2.24) is 25.0 Å². The molecule has 4 aromatic rings. The summed E-state index contributed by atoms with van der Waals surface area (Å²) < 4.78 is 2.11. The number of para-hydroxylation sites is 1. The van der Waals surface area contributed by atoms with Crippen LogP contribution in [0, 0.1) is 6.92 Å². The van der Waals surface area contributed by atoms with Gasteiger partial charge in [-0.3, -0.25) is 4.99 Å². The lowest BCUT2D eigenvalue weighted by Crippen LogP contribution is -2.37. The number of benzene rings is 1. The predicted octanol–water partition coefficient (Wildman–Crippen LogP) is 3.59. The summed E-state index contributed by atoms with van der Waals surface area (Å²) in [6.45, 7) is 5.72. The van der Waals surface area contributed by atoms with Crippen LogP contribution in [0.5, 0.6) is 0 Å². The minimum absolute atomic E-state index is 0.633. The number of aromatic nitrogens is 3. The first kappa shape index (κ1) is 19.1. The molecule has 0 bridgehead atoms. The molecule has 3 N–H and O–H groups in total. The maximum Gasteiger partial charge on any atom is 0.191 e. The first-order valence-corrected chi connectivity index (χ1v) is 10.2. The maximum absolute atomic E-state index is 4.66. The molecule has 4 rings (SSSR count). The zero-order valence-corrected chi connectivity index (χ0v) is 17.3. The van der Waals surface area contributed by atoms with E-state index in [1.54, 1.807) is 7.05 Å². The number of H-pyrrole nitrogens is 1. The lowest BCUT2D eigenvalue weighted by molar-refractivity contribution is 0.788. The van der Waals surface area contributed by atoms with Crippen LogP contribution in [0.4, 0.5) is 0 Å². The van der Waals surface area contributed by atoms with Crippen LogP contribution >= 0.6 is 0 Å². The number of hydrogen-bond acceptors (Lipinski definition) is 2. The lowest BCUT2D eigenvalue weighted by Gasteiger charge is -2.10. The van der Waals surface area contributed by atoms with Gasteiger partial charge in [0.2, 0.25) is 0 Å². The largest absolute Gasteiger partial charge is 0.361 e. The minimum Gasteiger partial charge on any atom is -0.361 e. The fraction of sp³-hybridized carbons (Fsp3) is 0.304. The Labute approximate surface area is 171 Å². The van der Waals surface area contributed by atoms with Crippen molar-refractivity contribution in [1.29, 1.82) is 0 Å². The third-order valence-corrected chi connectivity index (χ3v) is 5.36. The Balaban J connectivity index is 1.34. The van der Waals surface area contributed by atoms with Gasteiger partial charge in [-0.15, -0.1) is 0 Å². The zero-order chi connectivity index (χ0) is 20.2. The first-order chi connectivity index (χ1) is 14.2. The average Bonchev–Trinajstić information content (AvgIpc) is 3.35. The molecule has 0 aliphatic rings. The molecule has 0 aliphatic heterocycles. The fourth-order valence-electron chi connectivity index (χ4n) is 3.77. The Kier molecular flexibility index (Phi) is 5.51. The molecule has 3 aromatic heterocycles. The summed E-state index contributed by atoms with van der Waals surface area (Å²) in [5.74, 6) is 0.785. The molecular weight excluding hydrogens is 360 g/mol. The summed E-state index contributed by atoms with van der Waals surface area (Å²) in [6, 6.07) is 12.7. The quantitative estimate of drug-likeness (QED) is 0.349. The van der Waals surface area contributed by atoms with Crippen molar-refractivity contribution in [3.8, 4) is 0 Å². The highest BCUT2D eigenvalue weighted by Gasteiger charge is 2.08. The molecule has 0 saturated heterocycles. The van der Waals surface area contributed by atoms with Gasteiger partial charge in [-0.05, 0) is 43.0 Å². The molecule has 3 heterocycles. The molecule has 6 nitrogen and oxygen atoms in total. The van der Waals surface area contributed by atoms with Gasteiger partial charge in [-0.2, -0.15) is 0 Å². The summed E-state index contributed by atoms with van der Waals surface area (Å²) in [7, 11) is 1.79. The van der Waals surface area contributed by atoms with E-state index in [9.17, 15) is 0 Å². The molecule has 150 valence electrons. The second kappa shape index (κ2) is 8.39. The van der Waals surface area contributed by atoms with Gasteiger partial charge in [-0.1, -0.05) is 31.2 Å². The van der Waals surface area contributed by atoms with E-state index < -0.39 is 0 Å². The van der Waals surface area contributed by atoms with Crippen LogP contribution < -0.4 is 10.6 Å². The van der Waals surface area contributed by atoms with E-state index in [4.69, 9.17) is 0 Å². The van der Waals surface area contributed by atoms with Crippen LogP contribution in [-0.2, 0) is 19.4 Å². The number of fused-ring (bicyclic) bond motifs is 2. The monoisotopic (exact) mass is 388 g/mol. The van der Waals surface area contributed by atoms with Crippen molar-refractivity contribution in [2.24, 2.45) is 4.99 Å². The third-order valence-electron chi connectivity index (χ3n) is 5.36. The molecule has 0 aliphatic carbocycles. The Morgan fingerprint density at radius 1 is 1.14 bits per heavy atom. The summed E-state index contributed by atoms with van der Waals surface area (Å²) in [5.41, 5.74) is 7.08. The number of aryl methyl sites for hydroxylation is 2. The fourth-order valence-corrected chi connectivity index (χ4v) is 3.77. The standard InChI is InChI=1S/C23H28N6/c1-4-17-8-6-9-20-18(13-26-22(17)20)11-12-25-23(24-3)27-14-19-15-29-16(2)7-5-10-21(29)28-19/h5-10,13,15,26H,4,11-12,14H2,1-3H3,(H2,24,25,27). The Hall–Kier alpha value is -3.28. The Bertz CT molecular complexity index is 1150. The molecule has 0 saturated carbocycles. The Morgan fingerprint density at radius 2 is 2.00 bits per heavy atom. The molecule has 0 amide bonds. The normalized spacial score (nSPS) is 12.0. The van der Waals surface area contributed by atoms with Gasteiger partial charge in [0.05, 0.1) is 12.2 Å². The average molecular weight is 389 g/mol.